The van der Waals surface area contributed by atoms with Crippen molar-refractivity contribution in [1.29, 1.82) is 0 Å². The van der Waals surface area contributed by atoms with E-state index >= 15 is 0 Å². The van der Waals surface area contributed by atoms with Gasteiger partial charge in [-0.1, -0.05) is 0 Å². The molecule has 5 nitrogen and oxygen atoms in total. The van der Waals surface area contributed by atoms with E-state index in [0.717, 1.165) is 19.5 Å². The Kier molecular flexibility index (Phi) is 3.90. The third-order valence-corrected chi connectivity index (χ3v) is 3.14. The van der Waals surface area contributed by atoms with Crippen LogP contribution in [-0.2, 0) is 6.54 Å². The smallest absolute Gasteiger partial charge is 0.265 e. The van der Waals surface area contributed by atoms with E-state index in [1.807, 2.05) is 5.43 Å². The molecule has 1 unspecified atom stereocenters. The molecule has 1 aromatic rings. The summed E-state index contributed by atoms with van der Waals surface area (Å²) in [5.41, 5.74) is 8.68. The average Bonchev–Trinajstić information content (AvgIpc) is 2.76. The predicted molar refractivity (Wildman–Crippen MR) is 65.9 cm³/mol. The number of hydrazine groups is 1. The molecule has 1 aliphatic heterocycles. The molecule has 0 saturated carbocycles. The van der Waals surface area contributed by atoms with Crippen molar-refractivity contribution >= 4 is 5.91 Å². The van der Waals surface area contributed by atoms with E-state index in [1.54, 1.807) is 0 Å². The first-order valence-corrected chi connectivity index (χ1v) is 5.87. The van der Waals surface area contributed by atoms with E-state index in [1.165, 1.54) is 18.2 Å². The summed E-state index contributed by atoms with van der Waals surface area (Å²) >= 11 is 0. The first-order valence-electron chi connectivity index (χ1n) is 5.87. The van der Waals surface area contributed by atoms with Gasteiger partial charge >= 0.3 is 0 Å². The van der Waals surface area contributed by atoms with Crippen molar-refractivity contribution in [2.75, 3.05) is 13.1 Å². The number of carbonyl (C=O) groups excluding carboxylic acids is 1. The normalized spacial score (nSPS) is 20.1. The summed E-state index contributed by atoms with van der Waals surface area (Å²) in [5, 5.41) is 0. The van der Waals surface area contributed by atoms with Gasteiger partial charge in [-0.25, -0.2) is 10.2 Å². The number of rotatable bonds is 3. The molecule has 1 aliphatic rings. The summed E-state index contributed by atoms with van der Waals surface area (Å²) in [5.74, 6) is 4.32. The van der Waals surface area contributed by atoms with Crippen LogP contribution in [0.4, 0.5) is 4.39 Å². The molecular weight excluding hydrogens is 235 g/mol. The lowest BCUT2D eigenvalue weighted by Crippen LogP contribution is -2.30. The number of nitrogens with two attached hydrogens (primary N) is 2. The number of likely N-dealkylation sites (tertiary alicyclic amines) is 1. The Morgan fingerprint density at radius 3 is 2.94 bits per heavy atom. The van der Waals surface area contributed by atoms with Gasteiger partial charge in [0, 0.05) is 36.8 Å². The number of nitrogens with one attached hydrogen (secondary N) is 1. The number of hydrogen-bond donors (Lipinski definition) is 3. The molecule has 1 heterocycles. The fraction of sp³-hybridized carbons (Fsp3) is 0.417. The second-order valence-corrected chi connectivity index (χ2v) is 4.56. The predicted octanol–water partition coefficient (Wildman–Crippen LogP) is -0.0378. The van der Waals surface area contributed by atoms with Gasteiger partial charge in [-0.2, -0.15) is 0 Å². The van der Waals surface area contributed by atoms with Crippen molar-refractivity contribution in [1.82, 2.24) is 10.3 Å². The standard InChI is InChI=1S/C12H17FN4O/c13-11-2-1-8(12(18)16-15)5-9(11)6-17-4-3-10(14)7-17/h1-2,5,10H,3-4,6-7,14-15H2,(H,16,18). The summed E-state index contributed by atoms with van der Waals surface area (Å²) in [4.78, 5) is 13.5. The van der Waals surface area contributed by atoms with Gasteiger partial charge in [0.05, 0.1) is 0 Å². The summed E-state index contributed by atoms with van der Waals surface area (Å²) in [6.07, 6.45) is 0.921. The SMILES string of the molecule is NNC(=O)c1ccc(F)c(CN2CCC(N)C2)c1. The van der Waals surface area contributed by atoms with Crippen LogP contribution in [0, 0.1) is 5.82 Å². The lowest BCUT2D eigenvalue weighted by molar-refractivity contribution is 0.0953. The molecule has 1 atom stereocenters. The highest BCUT2D eigenvalue weighted by molar-refractivity contribution is 5.93. The zero-order valence-electron chi connectivity index (χ0n) is 10.0. The van der Waals surface area contributed by atoms with Gasteiger partial charge in [-0.15, -0.1) is 0 Å². The van der Waals surface area contributed by atoms with Crippen molar-refractivity contribution in [3.8, 4) is 0 Å². The largest absolute Gasteiger partial charge is 0.326 e. The number of nitrogen functional groups attached to an aromatic ring is 1. The van der Waals surface area contributed by atoms with Crippen LogP contribution in [0.15, 0.2) is 18.2 Å². The molecule has 18 heavy (non-hydrogen) atoms. The van der Waals surface area contributed by atoms with Crippen LogP contribution in [-0.4, -0.2) is 29.9 Å². The van der Waals surface area contributed by atoms with E-state index in [-0.39, 0.29) is 11.9 Å². The van der Waals surface area contributed by atoms with Gasteiger partial charge in [0.15, 0.2) is 0 Å². The Balaban J connectivity index is 2.13. The molecule has 1 aromatic carbocycles. The van der Waals surface area contributed by atoms with Gasteiger partial charge < -0.3 is 5.73 Å². The minimum absolute atomic E-state index is 0.156. The lowest BCUT2D eigenvalue weighted by Gasteiger charge is -2.16. The van der Waals surface area contributed by atoms with Crippen molar-refractivity contribution in [3.63, 3.8) is 0 Å². The molecule has 1 fully saturated rings. The van der Waals surface area contributed by atoms with Crippen LogP contribution in [0.2, 0.25) is 0 Å². The van der Waals surface area contributed by atoms with Crippen LogP contribution in [0.25, 0.3) is 0 Å². The maximum atomic E-state index is 13.7. The van der Waals surface area contributed by atoms with Crippen LogP contribution in [0.5, 0.6) is 0 Å². The van der Waals surface area contributed by atoms with Crippen molar-refractivity contribution in [2.24, 2.45) is 11.6 Å². The summed E-state index contributed by atoms with van der Waals surface area (Å²) in [6, 6.07) is 4.39. The molecule has 1 saturated heterocycles. The first-order chi connectivity index (χ1) is 8.60. The molecule has 5 N–H and O–H groups in total. The summed E-state index contributed by atoms with van der Waals surface area (Å²) in [7, 11) is 0. The molecule has 0 spiro atoms. The molecule has 2 rings (SSSR count). The van der Waals surface area contributed by atoms with Crippen molar-refractivity contribution < 1.29 is 9.18 Å². The zero-order valence-corrected chi connectivity index (χ0v) is 10.0. The molecule has 0 aromatic heterocycles. The number of amides is 1. The Hall–Kier alpha value is -1.50. The molecule has 98 valence electrons. The van der Waals surface area contributed by atoms with Crippen LogP contribution < -0.4 is 17.0 Å². The molecular formula is C12H17FN4O. The molecule has 6 heteroatoms. The van der Waals surface area contributed by atoms with E-state index in [0.29, 0.717) is 17.7 Å². The van der Waals surface area contributed by atoms with Gasteiger partial charge in [0.1, 0.15) is 5.82 Å². The van der Waals surface area contributed by atoms with Crippen LogP contribution in [0.3, 0.4) is 0 Å². The second-order valence-electron chi connectivity index (χ2n) is 4.56. The zero-order chi connectivity index (χ0) is 13.1. The third-order valence-electron chi connectivity index (χ3n) is 3.14. The number of halogens is 1. The van der Waals surface area contributed by atoms with Crippen molar-refractivity contribution in [3.05, 3.63) is 35.1 Å². The quantitative estimate of drug-likeness (QED) is 0.400. The Labute approximate surface area is 105 Å². The van der Waals surface area contributed by atoms with Crippen molar-refractivity contribution in [2.45, 2.75) is 19.0 Å². The van der Waals surface area contributed by atoms with Gasteiger partial charge in [-0.05, 0) is 24.6 Å². The molecule has 0 bridgehead atoms. The highest BCUT2D eigenvalue weighted by atomic mass is 19.1. The maximum Gasteiger partial charge on any atom is 0.265 e. The first kappa shape index (κ1) is 12.9. The van der Waals surface area contributed by atoms with Crippen LogP contribution in [0.1, 0.15) is 22.3 Å². The third kappa shape index (κ3) is 2.84. The van der Waals surface area contributed by atoms with Gasteiger partial charge in [0.25, 0.3) is 5.91 Å². The van der Waals surface area contributed by atoms with E-state index in [2.05, 4.69) is 4.90 Å². The fourth-order valence-electron chi connectivity index (χ4n) is 2.17. The topological polar surface area (TPSA) is 84.4 Å². The van der Waals surface area contributed by atoms with Gasteiger partial charge in [-0.3, -0.25) is 15.1 Å². The highest BCUT2D eigenvalue weighted by Gasteiger charge is 2.20. The number of benzene rings is 1. The monoisotopic (exact) mass is 252 g/mol. The minimum Gasteiger partial charge on any atom is -0.326 e. The highest BCUT2D eigenvalue weighted by Crippen LogP contribution is 2.16. The van der Waals surface area contributed by atoms with E-state index in [4.69, 9.17) is 11.6 Å². The van der Waals surface area contributed by atoms with E-state index < -0.39 is 5.91 Å². The minimum atomic E-state index is -0.422. The average molecular weight is 252 g/mol. The maximum absolute atomic E-state index is 13.7. The van der Waals surface area contributed by atoms with E-state index in [9.17, 15) is 9.18 Å². The second kappa shape index (κ2) is 5.43. The Morgan fingerprint density at radius 1 is 1.56 bits per heavy atom. The molecule has 0 aliphatic carbocycles. The number of carbonyl (C=O) groups is 1. The summed E-state index contributed by atoms with van der Waals surface area (Å²) in [6.45, 7) is 2.08. The Bertz CT molecular complexity index is 452. The van der Waals surface area contributed by atoms with Gasteiger partial charge in [0.2, 0.25) is 0 Å². The number of hydrogen-bond acceptors (Lipinski definition) is 4. The Morgan fingerprint density at radius 2 is 2.33 bits per heavy atom. The lowest BCUT2D eigenvalue weighted by atomic mass is 10.1. The fourth-order valence-corrected chi connectivity index (χ4v) is 2.17. The summed E-state index contributed by atoms with van der Waals surface area (Å²) < 4.78 is 13.7. The van der Waals surface area contributed by atoms with Crippen LogP contribution >= 0.6 is 0 Å². The molecule has 0 radical (unpaired) electrons. The molecule has 1 amide bonds. The number of nitrogens with zero attached hydrogens (tertiary/aromatic N) is 1.